The van der Waals surface area contributed by atoms with Crippen LogP contribution in [0.1, 0.15) is 111 Å². The molecule has 24 heavy (non-hydrogen) atoms. The van der Waals surface area contributed by atoms with Crippen LogP contribution < -0.4 is 29.6 Å². The molecule has 0 aliphatic carbocycles. The van der Waals surface area contributed by atoms with Crippen LogP contribution in [0.2, 0.25) is 0 Å². The van der Waals surface area contributed by atoms with Crippen LogP contribution in [0.4, 0.5) is 0 Å². The van der Waals surface area contributed by atoms with Gasteiger partial charge in [-0.25, -0.2) is 3.63 Å². The summed E-state index contributed by atoms with van der Waals surface area (Å²) in [6.07, 6.45) is 20.6. The third kappa shape index (κ3) is 21.3. The van der Waals surface area contributed by atoms with Gasteiger partial charge in [-0.05, 0) is 19.3 Å². The summed E-state index contributed by atoms with van der Waals surface area (Å²) in [7, 11) is -3.37. The minimum atomic E-state index is -3.37. The minimum Gasteiger partial charge on any atom is -1.00 e. The third-order valence-corrected chi connectivity index (χ3v) is 6.06. The topological polar surface area (TPSA) is 43.4 Å². The SMILES string of the molecule is CCCCCCCCCCCCCCCCCCS(=O)(=O)OS.[H-].[Na+]. The summed E-state index contributed by atoms with van der Waals surface area (Å²) in [5.41, 5.74) is 0. The van der Waals surface area contributed by atoms with E-state index in [0.717, 1.165) is 12.8 Å². The van der Waals surface area contributed by atoms with Crippen molar-refractivity contribution in [1.29, 1.82) is 0 Å². The van der Waals surface area contributed by atoms with Gasteiger partial charge in [-0.1, -0.05) is 103 Å². The molecule has 0 atom stereocenters. The molecule has 0 N–H and O–H groups in total. The molecule has 0 amide bonds. The average Bonchev–Trinajstić information content (AvgIpc) is 2.54. The molecule has 0 bridgehead atoms. The molecule has 0 rings (SSSR count). The third-order valence-electron chi connectivity index (χ3n) is 4.36. The van der Waals surface area contributed by atoms with Crippen molar-refractivity contribution < 1.29 is 43.0 Å². The summed E-state index contributed by atoms with van der Waals surface area (Å²) in [6, 6.07) is 0. The van der Waals surface area contributed by atoms with Gasteiger partial charge in [0.05, 0.1) is 5.75 Å². The maximum absolute atomic E-state index is 11.0. The molecule has 0 aromatic rings. The average molecular weight is 391 g/mol. The number of rotatable bonds is 18. The Kier molecular flexibility index (Phi) is 23.6. The van der Waals surface area contributed by atoms with Crippen molar-refractivity contribution in [3.8, 4) is 0 Å². The van der Waals surface area contributed by atoms with Crippen molar-refractivity contribution in [2.75, 3.05) is 5.75 Å². The van der Waals surface area contributed by atoms with Gasteiger partial charge in [0.25, 0.3) is 10.1 Å². The van der Waals surface area contributed by atoms with Gasteiger partial charge in [-0.15, -0.1) is 0 Å². The van der Waals surface area contributed by atoms with Gasteiger partial charge in [-0.3, -0.25) is 0 Å². The van der Waals surface area contributed by atoms with E-state index in [0.29, 0.717) is 6.42 Å². The van der Waals surface area contributed by atoms with Crippen LogP contribution in [0, 0.1) is 0 Å². The van der Waals surface area contributed by atoms with E-state index in [-0.39, 0.29) is 36.7 Å². The molecule has 0 unspecified atom stereocenters. The van der Waals surface area contributed by atoms with Crippen molar-refractivity contribution in [3.63, 3.8) is 0 Å². The van der Waals surface area contributed by atoms with Crippen LogP contribution in [-0.4, -0.2) is 14.2 Å². The molecule has 0 heterocycles. The molecule has 0 radical (unpaired) electrons. The van der Waals surface area contributed by atoms with Crippen LogP contribution >= 0.6 is 12.9 Å². The Labute approximate surface area is 180 Å². The fourth-order valence-corrected chi connectivity index (χ4v) is 3.72. The second-order valence-corrected chi connectivity index (χ2v) is 8.76. The van der Waals surface area contributed by atoms with E-state index in [1.165, 1.54) is 83.5 Å². The second-order valence-electron chi connectivity index (χ2n) is 6.64. The number of hydrogen-bond donors (Lipinski definition) is 1. The molecule has 3 nitrogen and oxygen atoms in total. The summed E-state index contributed by atoms with van der Waals surface area (Å²) in [6.45, 7) is 2.27. The molecule has 0 aromatic carbocycles. The van der Waals surface area contributed by atoms with Crippen molar-refractivity contribution in [1.82, 2.24) is 0 Å². The first-order chi connectivity index (χ1) is 11.1. The van der Waals surface area contributed by atoms with E-state index < -0.39 is 10.1 Å². The Morgan fingerprint density at radius 1 is 0.667 bits per heavy atom. The first kappa shape index (κ1) is 27.5. The van der Waals surface area contributed by atoms with Gasteiger partial charge in [0.2, 0.25) is 0 Å². The van der Waals surface area contributed by atoms with Crippen LogP contribution in [0.15, 0.2) is 0 Å². The zero-order chi connectivity index (χ0) is 17.2. The largest absolute Gasteiger partial charge is 1.00 e. The zero-order valence-electron chi connectivity index (χ0n) is 17.1. The molecule has 0 aromatic heterocycles. The summed E-state index contributed by atoms with van der Waals surface area (Å²) >= 11 is 3.34. The molecule has 0 saturated carbocycles. The van der Waals surface area contributed by atoms with E-state index in [1.807, 2.05) is 0 Å². The smallest absolute Gasteiger partial charge is 1.00 e. The summed E-state index contributed by atoms with van der Waals surface area (Å²) in [4.78, 5) is 0. The Bertz CT molecular complexity index is 341. The Hall–Kier alpha value is 1.26. The molecule has 0 saturated heterocycles. The zero-order valence-corrected chi connectivity index (χ0v) is 19.8. The normalized spacial score (nSPS) is 11.4. The van der Waals surface area contributed by atoms with E-state index in [4.69, 9.17) is 0 Å². The fourth-order valence-electron chi connectivity index (χ4n) is 2.86. The van der Waals surface area contributed by atoms with Crippen LogP contribution in [0.3, 0.4) is 0 Å². The van der Waals surface area contributed by atoms with Gasteiger partial charge >= 0.3 is 29.6 Å². The van der Waals surface area contributed by atoms with Gasteiger partial charge in [0.1, 0.15) is 0 Å². The van der Waals surface area contributed by atoms with Crippen molar-refractivity contribution >= 4 is 23.0 Å². The van der Waals surface area contributed by atoms with E-state index in [9.17, 15) is 8.42 Å². The molecule has 0 fully saturated rings. The summed E-state index contributed by atoms with van der Waals surface area (Å²) in [5, 5.41) is 0. The maximum atomic E-state index is 11.0. The van der Waals surface area contributed by atoms with E-state index >= 15 is 0 Å². The Morgan fingerprint density at radius 2 is 0.958 bits per heavy atom. The van der Waals surface area contributed by atoms with Crippen molar-refractivity contribution in [3.05, 3.63) is 0 Å². The van der Waals surface area contributed by atoms with Crippen molar-refractivity contribution in [2.45, 2.75) is 110 Å². The Balaban J connectivity index is -0.00000242. The minimum absolute atomic E-state index is 0. The molecule has 0 aliphatic heterocycles. The summed E-state index contributed by atoms with van der Waals surface area (Å²) < 4.78 is 26.2. The molecule has 0 aliphatic rings. The first-order valence-electron chi connectivity index (χ1n) is 9.68. The van der Waals surface area contributed by atoms with Gasteiger partial charge in [0, 0.05) is 0 Å². The number of thiol groups is 1. The van der Waals surface area contributed by atoms with Crippen LogP contribution in [-0.2, 0) is 13.7 Å². The van der Waals surface area contributed by atoms with Crippen molar-refractivity contribution in [2.24, 2.45) is 0 Å². The molecule has 6 heteroatoms. The predicted octanol–water partition coefficient (Wildman–Crippen LogP) is 3.56. The van der Waals surface area contributed by atoms with Crippen LogP contribution in [0.25, 0.3) is 0 Å². The standard InChI is InChI=1S/C18H38O3S2.Na.H/c1-2-3-4-5-6-7-8-9-10-11-12-13-14-15-16-17-18-23(19,20)21-22;;/h22H,2-18H2,1H3;;/q;+1;-1. The predicted molar refractivity (Wildman–Crippen MR) is 105 cm³/mol. The van der Waals surface area contributed by atoms with Crippen LogP contribution in [0.5, 0.6) is 0 Å². The molecule has 142 valence electrons. The molecular formula is C18H39NaO3S2. The first-order valence-corrected chi connectivity index (χ1v) is 11.6. The van der Waals surface area contributed by atoms with Gasteiger partial charge < -0.3 is 1.43 Å². The second kappa shape index (κ2) is 20.6. The monoisotopic (exact) mass is 390 g/mol. The number of unbranched alkanes of at least 4 members (excludes halogenated alkanes) is 15. The van der Waals surface area contributed by atoms with Gasteiger partial charge in [0.15, 0.2) is 0 Å². The molecule has 0 spiro atoms. The quantitative estimate of drug-likeness (QED) is 0.168. The van der Waals surface area contributed by atoms with Gasteiger partial charge in [-0.2, -0.15) is 8.42 Å². The van der Waals surface area contributed by atoms with E-state index in [2.05, 4.69) is 23.5 Å². The summed E-state index contributed by atoms with van der Waals surface area (Å²) in [5.74, 6) is 0.0922. The van der Waals surface area contributed by atoms with E-state index in [1.54, 1.807) is 0 Å². The molecular weight excluding hydrogens is 351 g/mol. The Morgan fingerprint density at radius 3 is 1.25 bits per heavy atom. The maximum Gasteiger partial charge on any atom is 1.00 e. The number of hydrogen-bond acceptors (Lipinski definition) is 4. The fraction of sp³-hybridized carbons (Fsp3) is 1.00.